The van der Waals surface area contributed by atoms with Gasteiger partial charge in [0.25, 0.3) is 5.91 Å². The first-order valence-electron chi connectivity index (χ1n) is 9.79. The molecule has 1 fully saturated rings. The van der Waals surface area contributed by atoms with Crippen LogP contribution in [0.1, 0.15) is 9.67 Å². The number of anilines is 1. The number of pyridine rings is 1. The molecule has 0 unspecified atom stereocenters. The quantitative estimate of drug-likeness (QED) is 0.448. The van der Waals surface area contributed by atoms with Gasteiger partial charge in [0.1, 0.15) is 10.6 Å². The highest BCUT2D eigenvalue weighted by molar-refractivity contribution is 7.20. The molecule has 1 aliphatic rings. The van der Waals surface area contributed by atoms with Gasteiger partial charge in [-0.1, -0.05) is 11.6 Å². The summed E-state index contributed by atoms with van der Waals surface area (Å²) in [6.45, 7) is 3.00. The second-order valence-electron chi connectivity index (χ2n) is 7.31. The number of halogens is 1. The van der Waals surface area contributed by atoms with Crippen LogP contribution in [-0.2, 0) is 0 Å². The molecule has 0 spiro atoms. The molecule has 0 N–H and O–H groups in total. The lowest BCUT2D eigenvalue weighted by molar-refractivity contribution is 0.0751. The van der Waals surface area contributed by atoms with Gasteiger partial charge in [0.15, 0.2) is 0 Å². The van der Waals surface area contributed by atoms with E-state index in [1.165, 1.54) is 11.3 Å². The lowest BCUT2D eigenvalue weighted by atomic mass is 10.2. The highest BCUT2D eigenvalue weighted by atomic mass is 35.5. The third-order valence-electron chi connectivity index (χ3n) is 5.48. The summed E-state index contributed by atoms with van der Waals surface area (Å²) in [5.74, 6) is 0.879. The van der Waals surface area contributed by atoms with Gasteiger partial charge in [0, 0.05) is 47.7 Å². The lowest BCUT2D eigenvalue weighted by Gasteiger charge is -2.36. The van der Waals surface area contributed by atoms with E-state index >= 15 is 0 Å². The van der Waals surface area contributed by atoms with Crippen molar-refractivity contribution in [1.82, 2.24) is 9.88 Å². The minimum Gasteiger partial charge on any atom is -0.497 e. The first-order valence-corrected chi connectivity index (χ1v) is 11.0. The molecule has 2 aromatic carbocycles. The van der Waals surface area contributed by atoms with Gasteiger partial charge in [-0.2, -0.15) is 0 Å². The van der Waals surface area contributed by atoms with E-state index in [4.69, 9.17) is 21.3 Å². The summed E-state index contributed by atoms with van der Waals surface area (Å²) in [4.78, 5) is 23.7. The molecule has 152 valence electrons. The normalized spacial score (nSPS) is 14.5. The second-order valence-corrected chi connectivity index (χ2v) is 8.77. The Labute approximate surface area is 183 Å². The molecule has 0 saturated carbocycles. The molecule has 1 aliphatic heterocycles. The van der Waals surface area contributed by atoms with E-state index in [1.54, 1.807) is 7.11 Å². The number of rotatable bonds is 3. The number of benzene rings is 2. The van der Waals surface area contributed by atoms with Crippen LogP contribution in [0.2, 0.25) is 5.02 Å². The maximum atomic E-state index is 13.1. The molecule has 4 aromatic rings. The van der Waals surface area contributed by atoms with Crippen molar-refractivity contribution in [1.29, 1.82) is 0 Å². The Kier molecular flexibility index (Phi) is 4.97. The molecule has 7 heteroatoms. The Bertz CT molecular complexity index is 1230. The third kappa shape index (κ3) is 3.57. The molecule has 1 saturated heterocycles. The maximum absolute atomic E-state index is 13.1. The SMILES string of the molecule is COc1ccc2nc3sc(C(=O)N4CCN(c5ccc(Cl)cc5)CC4)cc3cc2c1. The lowest BCUT2D eigenvalue weighted by Crippen LogP contribution is -2.48. The van der Waals surface area contributed by atoms with Crippen molar-refractivity contribution in [3.63, 3.8) is 0 Å². The predicted molar refractivity (Wildman–Crippen MR) is 123 cm³/mol. The highest BCUT2D eigenvalue weighted by Gasteiger charge is 2.24. The van der Waals surface area contributed by atoms with Gasteiger partial charge < -0.3 is 14.5 Å². The number of hydrogen-bond donors (Lipinski definition) is 0. The number of methoxy groups -OCH3 is 1. The van der Waals surface area contributed by atoms with Crippen LogP contribution in [0.4, 0.5) is 5.69 Å². The third-order valence-corrected chi connectivity index (χ3v) is 6.76. The van der Waals surface area contributed by atoms with Gasteiger partial charge in [-0.3, -0.25) is 4.79 Å². The molecule has 5 nitrogen and oxygen atoms in total. The molecule has 3 heterocycles. The zero-order chi connectivity index (χ0) is 20.7. The predicted octanol–water partition coefficient (Wildman–Crippen LogP) is 5.07. The number of carbonyl (C=O) groups excluding carboxylic acids is 1. The number of hydrogen-bond acceptors (Lipinski definition) is 5. The Balaban J connectivity index is 1.34. The molecule has 0 atom stereocenters. The van der Waals surface area contributed by atoms with Gasteiger partial charge in [-0.25, -0.2) is 4.98 Å². The number of ether oxygens (including phenoxy) is 1. The fourth-order valence-electron chi connectivity index (χ4n) is 3.82. The van der Waals surface area contributed by atoms with E-state index in [0.717, 1.165) is 55.5 Å². The zero-order valence-electron chi connectivity index (χ0n) is 16.5. The van der Waals surface area contributed by atoms with Crippen LogP contribution in [-0.4, -0.2) is 49.1 Å². The van der Waals surface area contributed by atoms with Crippen LogP contribution < -0.4 is 9.64 Å². The van der Waals surface area contributed by atoms with E-state index in [2.05, 4.69) is 11.0 Å². The standard InChI is InChI=1S/C23H20ClN3O2S/c1-29-19-6-7-20-15(13-19)12-16-14-21(30-22(16)25-20)23(28)27-10-8-26(9-11-27)18-4-2-17(24)3-5-18/h2-7,12-14H,8-11H2,1H3. The average Bonchev–Trinajstić information content (AvgIpc) is 3.20. The van der Waals surface area contributed by atoms with Crippen molar-refractivity contribution in [2.45, 2.75) is 0 Å². The summed E-state index contributed by atoms with van der Waals surface area (Å²) in [6, 6.07) is 17.7. The second kappa shape index (κ2) is 7.78. The minimum atomic E-state index is 0.0791. The first-order chi connectivity index (χ1) is 14.6. The Morgan fingerprint density at radius 2 is 1.77 bits per heavy atom. The smallest absolute Gasteiger partial charge is 0.264 e. The molecule has 0 aliphatic carbocycles. The summed E-state index contributed by atoms with van der Waals surface area (Å²) < 4.78 is 5.31. The number of aromatic nitrogens is 1. The minimum absolute atomic E-state index is 0.0791. The van der Waals surface area contributed by atoms with Crippen molar-refractivity contribution in [2.24, 2.45) is 0 Å². The van der Waals surface area contributed by atoms with Gasteiger partial charge in [0.05, 0.1) is 17.5 Å². The Morgan fingerprint density at radius 3 is 2.50 bits per heavy atom. The maximum Gasteiger partial charge on any atom is 0.264 e. The Hall–Kier alpha value is -2.83. The van der Waals surface area contributed by atoms with Crippen LogP contribution >= 0.6 is 22.9 Å². The monoisotopic (exact) mass is 437 g/mol. The van der Waals surface area contributed by atoms with Crippen LogP contribution in [0, 0.1) is 0 Å². The molecule has 0 bridgehead atoms. The number of carbonyl (C=O) groups is 1. The summed E-state index contributed by atoms with van der Waals surface area (Å²) >= 11 is 7.45. The number of fused-ring (bicyclic) bond motifs is 2. The summed E-state index contributed by atoms with van der Waals surface area (Å²) in [5.41, 5.74) is 2.04. The average molecular weight is 438 g/mol. The fraction of sp³-hybridized carbons (Fsp3) is 0.217. The molecular weight excluding hydrogens is 418 g/mol. The van der Waals surface area contributed by atoms with Gasteiger partial charge in [0.2, 0.25) is 0 Å². The first kappa shape index (κ1) is 19.2. The van der Waals surface area contributed by atoms with Crippen molar-refractivity contribution in [3.05, 3.63) is 64.5 Å². The van der Waals surface area contributed by atoms with Crippen molar-refractivity contribution in [3.8, 4) is 5.75 Å². The fourth-order valence-corrected chi connectivity index (χ4v) is 4.94. The van der Waals surface area contributed by atoms with E-state index in [-0.39, 0.29) is 5.91 Å². The van der Waals surface area contributed by atoms with Crippen molar-refractivity contribution >= 4 is 55.7 Å². The van der Waals surface area contributed by atoms with Crippen LogP contribution in [0.3, 0.4) is 0 Å². The highest BCUT2D eigenvalue weighted by Crippen LogP contribution is 2.30. The van der Waals surface area contributed by atoms with Crippen LogP contribution in [0.15, 0.2) is 54.6 Å². The number of piperazine rings is 1. The number of amides is 1. The van der Waals surface area contributed by atoms with Gasteiger partial charge in [-0.15, -0.1) is 11.3 Å². The molecule has 1 amide bonds. The molecule has 30 heavy (non-hydrogen) atoms. The molecule has 2 aromatic heterocycles. The van der Waals surface area contributed by atoms with Crippen molar-refractivity contribution in [2.75, 3.05) is 38.2 Å². The summed E-state index contributed by atoms with van der Waals surface area (Å²) in [5, 5.41) is 2.73. The van der Waals surface area contributed by atoms with E-state index in [0.29, 0.717) is 13.1 Å². The zero-order valence-corrected chi connectivity index (χ0v) is 18.0. The molecular formula is C23H20ClN3O2S. The van der Waals surface area contributed by atoms with E-state index in [1.807, 2.05) is 53.4 Å². The number of nitrogens with zero attached hydrogens (tertiary/aromatic N) is 3. The molecule has 5 rings (SSSR count). The van der Waals surface area contributed by atoms with Crippen LogP contribution in [0.25, 0.3) is 21.1 Å². The van der Waals surface area contributed by atoms with Crippen LogP contribution in [0.5, 0.6) is 5.75 Å². The Morgan fingerprint density at radius 1 is 1.00 bits per heavy atom. The topological polar surface area (TPSA) is 45.7 Å². The largest absolute Gasteiger partial charge is 0.497 e. The summed E-state index contributed by atoms with van der Waals surface area (Å²) in [6.07, 6.45) is 0. The summed E-state index contributed by atoms with van der Waals surface area (Å²) in [7, 11) is 1.65. The van der Waals surface area contributed by atoms with Gasteiger partial charge >= 0.3 is 0 Å². The molecule has 0 radical (unpaired) electrons. The van der Waals surface area contributed by atoms with E-state index < -0.39 is 0 Å². The van der Waals surface area contributed by atoms with E-state index in [9.17, 15) is 4.79 Å². The van der Waals surface area contributed by atoms with Gasteiger partial charge in [-0.05, 0) is 54.6 Å². The number of thiophene rings is 1. The van der Waals surface area contributed by atoms with Crippen molar-refractivity contribution < 1.29 is 9.53 Å².